The number of nitrogen functional groups attached to an aromatic ring is 1. The minimum Gasteiger partial charge on any atom is -0.493 e. The number of anilines is 1. The summed E-state index contributed by atoms with van der Waals surface area (Å²) in [5, 5.41) is 9.00. The third kappa shape index (κ3) is 4.93. The molecule has 116 valence electrons. The summed E-state index contributed by atoms with van der Waals surface area (Å²) >= 11 is 0. The van der Waals surface area contributed by atoms with Crippen LogP contribution in [0.1, 0.15) is 25.7 Å². The Kier molecular flexibility index (Phi) is 5.87. The molecule has 3 N–H and O–H groups in total. The minimum atomic E-state index is 0.126. The Morgan fingerprint density at radius 3 is 3.10 bits per heavy atom. The zero-order chi connectivity index (χ0) is 15.1. The van der Waals surface area contributed by atoms with E-state index in [2.05, 4.69) is 0 Å². The lowest BCUT2D eigenvalue weighted by molar-refractivity contribution is -0.133. The molecule has 1 aliphatic heterocycles. The maximum Gasteiger partial charge on any atom is 0.226 e. The highest BCUT2D eigenvalue weighted by molar-refractivity contribution is 5.76. The fourth-order valence-electron chi connectivity index (χ4n) is 2.73. The van der Waals surface area contributed by atoms with Gasteiger partial charge < -0.3 is 20.5 Å². The SMILES string of the molecule is Nc1cccc(OCCC(=O)N2CCCC(CCO)C2)c1. The fourth-order valence-corrected chi connectivity index (χ4v) is 2.73. The van der Waals surface area contributed by atoms with E-state index in [1.54, 1.807) is 12.1 Å². The lowest BCUT2D eigenvalue weighted by Gasteiger charge is -2.32. The van der Waals surface area contributed by atoms with E-state index in [-0.39, 0.29) is 12.5 Å². The number of aliphatic hydroxyl groups is 1. The Morgan fingerprint density at radius 2 is 2.33 bits per heavy atom. The van der Waals surface area contributed by atoms with Gasteiger partial charge in [-0.05, 0) is 37.3 Å². The van der Waals surface area contributed by atoms with Gasteiger partial charge in [0.2, 0.25) is 5.91 Å². The molecule has 1 atom stereocenters. The number of benzene rings is 1. The smallest absolute Gasteiger partial charge is 0.226 e. The van der Waals surface area contributed by atoms with Gasteiger partial charge in [-0.1, -0.05) is 6.07 Å². The molecule has 1 aromatic rings. The molecule has 0 saturated carbocycles. The molecule has 2 rings (SSSR count). The molecule has 1 fully saturated rings. The number of rotatable bonds is 6. The molecule has 1 heterocycles. The highest BCUT2D eigenvalue weighted by Crippen LogP contribution is 2.20. The van der Waals surface area contributed by atoms with Gasteiger partial charge in [0.15, 0.2) is 0 Å². The Hall–Kier alpha value is -1.75. The van der Waals surface area contributed by atoms with Crippen LogP contribution in [0.25, 0.3) is 0 Å². The van der Waals surface area contributed by atoms with Crippen molar-refractivity contribution in [3.63, 3.8) is 0 Å². The molecule has 0 radical (unpaired) electrons. The summed E-state index contributed by atoms with van der Waals surface area (Å²) in [6.07, 6.45) is 3.28. The van der Waals surface area contributed by atoms with E-state index in [0.717, 1.165) is 32.4 Å². The molecular formula is C16H24N2O3. The number of amides is 1. The van der Waals surface area contributed by atoms with E-state index < -0.39 is 0 Å². The van der Waals surface area contributed by atoms with E-state index >= 15 is 0 Å². The zero-order valence-corrected chi connectivity index (χ0v) is 12.3. The van der Waals surface area contributed by atoms with Gasteiger partial charge in [0.25, 0.3) is 0 Å². The van der Waals surface area contributed by atoms with Crippen molar-refractivity contribution in [2.75, 3.05) is 32.0 Å². The Labute approximate surface area is 125 Å². The zero-order valence-electron chi connectivity index (χ0n) is 12.3. The Bertz CT molecular complexity index is 463. The van der Waals surface area contributed by atoms with Crippen LogP contribution in [0.2, 0.25) is 0 Å². The van der Waals surface area contributed by atoms with Crippen molar-refractivity contribution < 1.29 is 14.6 Å². The standard InChI is InChI=1S/C16H24N2O3/c17-14-4-1-5-15(11-14)21-10-7-16(20)18-8-2-3-13(12-18)6-9-19/h1,4-5,11,13,19H,2-3,6-10,12,17H2. The van der Waals surface area contributed by atoms with Gasteiger partial charge in [0, 0.05) is 31.5 Å². The van der Waals surface area contributed by atoms with Crippen molar-refractivity contribution in [3.05, 3.63) is 24.3 Å². The number of hydrogen-bond acceptors (Lipinski definition) is 4. The normalized spacial score (nSPS) is 18.5. The van der Waals surface area contributed by atoms with Gasteiger partial charge in [-0.3, -0.25) is 4.79 Å². The molecule has 1 saturated heterocycles. The van der Waals surface area contributed by atoms with Crippen LogP contribution in [0.5, 0.6) is 5.75 Å². The van der Waals surface area contributed by atoms with Crippen LogP contribution in [0.15, 0.2) is 24.3 Å². The molecule has 21 heavy (non-hydrogen) atoms. The van der Waals surface area contributed by atoms with E-state index in [4.69, 9.17) is 15.6 Å². The van der Waals surface area contributed by atoms with Crippen LogP contribution < -0.4 is 10.5 Å². The van der Waals surface area contributed by atoms with Gasteiger partial charge in [0.05, 0.1) is 13.0 Å². The number of nitrogens with two attached hydrogens (primary N) is 1. The average molecular weight is 292 g/mol. The highest BCUT2D eigenvalue weighted by atomic mass is 16.5. The van der Waals surface area contributed by atoms with E-state index in [0.29, 0.717) is 30.4 Å². The van der Waals surface area contributed by atoms with Crippen molar-refractivity contribution in [1.29, 1.82) is 0 Å². The van der Waals surface area contributed by atoms with Crippen LogP contribution in [0.3, 0.4) is 0 Å². The molecule has 1 unspecified atom stereocenters. The topological polar surface area (TPSA) is 75.8 Å². The second-order valence-electron chi connectivity index (χ2n) is 5.53. The molecule has 5 heteroatoms. The third-order valence-corrected chi connectivity index (χ3v) is 3.85. The van der Waals surface area contributed by atoms with E-state index in [1.165, 1.54) is 0 Å². The van der Waals surface area contributed by atoms with Crippen LogP contribution in [-0.2, 0) is 4.79 Å². The van der Waals surface area contributed by atoms with Crippen LogP contribution in [0, 0.1) is 5.92 Å². The highest BCUT2D eigenvalue weighted by Gasteiger charge is 2.22. The number of ether oxygens (including phenoxy) is 1. The largest absolute Gasteiger partial charge is 0.493 e. The second kappa shape index (κ2) is 7.88. The van der Waals surface area contributed by atoms with Crippen molar-refractivity contribution in [2.45, 2.75) is 25.7 Å². The minimum absolute atomic E-state index is 0.126. The monoisotopic (exact) mass is 292 g/mol. The fraction of sp³-hybridized carbons (Fsp3) is 0.562. The number of hydrogen-bond donors (Lipinski definition) is 2. The number of carbonyl (C=O) groups is 1. The molecule has 5 nitrogen and oxygen atoms in total. The molecule has 1 aliphatic rings. The lowest BCUT2D eigenvalue weighted by atomic mass is 9.95. The summed E-state index contributed by atoms with van der Waals surface area (Å²) in [6.45, 7) is 2.14. The van der Waals surface area contributed by atoms with Gasteiger partial charge in [-0.25, -0.2) is 0 Å². The maximum atomic E-state index is 12.2. The van der Waals surface area contributed by atoms with E-state index in [9.17, 15) is 4.79 Å². The molecule has 1 amide bonds. The van der Waals surface area contributed by atoms with Crippen molar-refractivity contribution in [1.82, 2.24) is 4.90 Å². The Balaban J connectivity index is 1.74. The van der Waals surface area contributed by atoms with Crippen molar-refractivity contribution in [2.24, 2.45) is 5.92 Å². The summed E-state index contributed by atoms with van der Waals surface area (Å²) in [6, 6.07) is 7.21. The average Bonchev–Trinajstić information content (AvgIpc) is 2.48. The summed E-state index contributed by atoms with van der Waals surface area (Å²) < 4.78 is 5.56. The van der Waals surface area contributed by atoms with Gasteiger partial charge in [-0.15, -0.1) is 0 Å². The van der Waals surface area contributed by atoms with Crippen LogP contribution in [-0.4, -0.2) is 42.2 Å². The van der Waals surface area contributed by atoms with Gasteiger partial charge in [-0.2, -0.15) is 0 Å². The number of likely N-dealkylation sites (tertiary alicyclic amines) is 1. The summed E-state index contributed by atoms with van der Waals surface area (Å²) in [4.78, 5) is 14.1. The lowest BCUT2D eigenvalue weighted by Crippen LogP contribution is -2.40. The molecule has 0 bridgehead atoms. The summed E-state index contributed by atoms with van der Waals surface area (Å²) in [5.41, 5.74) is 6.33. The molecule has 0 aromatic heterocycles. The molecule has 1 aromatic carbocycles. The second-order valence-corrected chi connectivity index (χ2v) is 5.53. The molecule has 0 aliphatic carbocycles. The number of carbonyl (C=O) groups excluding carboxylic acids is 1. The van der Waals surface area contributed by atoms with Crippen molar-refractivity contribution in [3.8, 4) is 5.75 Å². The van der Waals surface area contributed by atoms with Crippen LogP contribution in [0.4, 0.5) is 5.69 Å². The summed E-state index contributed by atoms with van der Waals surface area (Å²) in [5.74, 6) is 1.25. The number of aliphatic hydroxyl groups excluding tert-OH is 1. The Morgan fingerprint density at radius 1 is 1.48 bits per heavy atom. The molecular weight excluding hydrogens is 268 g/mol. The predicted octanol–water partition coefficient (Wildman–Crippen LogP) is 1.66. The first-order valence-electron chi connectivity index (χ1n) is 7.56. The van der Waals surface area contributed by atoms with Gasteiger partial charge in [0.1, 0.15) is 5.75 Å². The first kappa shape index (κ1) is 15.6. The number of piperidine rings is 1. The van der Waals surface area contributed by atoms with E-state index in [1.807, 2.05) is 17.0 Å². The van der Waals surface area contributed by atoms with Gasteiger partial charge >= 0.3 is 0 Å². The number of nitrogens with zero attached hydrogens (tertiary/aromatic N) is 1. The van der Waals surface area contributed by atoms with Crippen LogP contribution >= 0.6 is 0 Å². The molecule has 0 spiro atoms. The van der Waals surface area contributed by atoms with Crippen molar-refractivity contribution >= 4 is 11.6 Å². The first-order chi connectivity index (χ1) is 10.2. The first-order valence-corrected chi connectivity index (χ1v) is 7.56. The maximum absolute atomic E-state index is 12.2. The quantitative estimate of drug-likeness (QED) is 0.782. The summed E-state index contributed by atoms with van der Waals surface area (Å²) in [7, 11) is 0. The third-order valence-electron chi connectivity index (χ3n) is 3.85. The predicted molar refractivity (Wildman–Crippen MR) is 82.0 cm³/mol.